The summed E-state index contributed by atoms with van der Waals surface area (Å²) in [5.74, 6) is 0.269. The Kier molecular flexibility index (Phi) is 8.71. The number of benzene rings is 2. The first kappa shape index (κ1) is 27.3. The maximum atomic E-state index is 13.3. The van der Waals surface area contributed by atoms with Crippen molar-refractivity contribution in [2.75, 3.05) is 12.4 Å². The van der Waals surface area contributed by atoms with Crippen molar-refractivity contribution in [1.29, 1.82) is 0 Å². The number of methoxy groups -OCH3 is 1. The fourth-order valence-electron chi connectivity index (χ4n) is 5.18. The molecular formula is C31H36N6O3. The quantitative estimate of drug-likeness (QED) is 0.297. The van der Waals surface area contributed by atoms with Gasteiger partial charge in [0.25, 0.3) is 5.91 Å². The Morgan fingerprint density at radius 3 is 2.52 bits per heavy atom. The van der Waals surface area contributed by atoms with Gasteiger partial charge in [-0.05, 0) is 68.4 Å². The van der Waals surface area contributed by atoms with Crippen LogP contribution in [0.15, 0.2) is 73.2 Å². The molecule has 4 aromatic rings. The molecule has 5 rings (SSSR count). The number of aromatic nitrogens is 4. The zero-order chi connectivity index (χ0) is 27.9. The number of amides is 2. The molecule has 1 saturated carbocycles. The molecule has 0 unspecified atom stereocenters. The predicted molar refractivity (Wildman–Crippen MR) is 154 cm³/mol. The monoisotopic (exact) mass is 540 g/mol. The van der Waals surface area contributed by atoms with E-state index in [0.717, 1.165) is 48.2 Å². The van der Waals surface area contributed by atoms with Crippen molar-refractivity contribution in [3.05, 3.63) is 84.4 Å². The Morgan fingerprint density at radius 2 is 1.80 bits per heavy atom. The van der Waals surface area contributed by atoms with Crippen molar-refractivity contribution in [3.63, 3.8) is 0 Å². The summed E-state index contributed by atoms with van der Waals surface area (Å²) in [7, 11) is 3.61. The lowest BCUT2D eigenvalue weighted by Crippen LogP contribution is -2.38. The molecule has 0 spiro atoms. The van der Waals surface area contributed by atoms with Gasteiger partial charge in [-0.15, -0.1) is 0 Å². The van der Waals surface area contributed by atoms with Crippen LogP contribution in [0.1, 0.15) is 54.6 Å². The third kappa shape index (κ3) is 6.84. The summed E-state index contributed by atoms with van der Waals surface area (Å²) in [5.41, 5.74) is 4.10. The molecule has 9 heteroatoms. The number of hydrogen-bond acceptors (Lipinski definition) is 5. The van der Waals surface area contributed by atoms with Crippen molar-refractivity contribution < 1.29 is 14.3 Å². The molecule has 208 valence electrons. The van der Waals surface area contributed by atoms with Crippen LogP contribution in [0.4, 0.5) is 5.95 Å². The number of imidazole rings is 1. The predicted octanol–water partition coefficient (Wildman–Crippen LogP) is 4.92. The van der Waals surface area contributed by atoms with Crippen LogP contribution in [0.3, 0.4) is 0 Å². The van der Waals surface area contributed by atoms with Gasteiger partial charge >= 0.3 is 0 Å². The maximum Gasteiger partial charge on any atom is 0.258 e. The Morgan fingerprint density at radius 1 is 1.00 bits per heavy atom. The van der Waals surface area contributed by atoms with Crippen LogP contribution in [0.2, 0.25) is 0 Å². The van der Waals surface area contributed by atoms with E-state index in [4.69, 9.17) is 9.72 Å². The van der Waals surface area contributed by atoms with Crippen LogP contribution in [0.5, 0.6) is 0 Å². The van der Waals surface area contributed by atoms with Crippen LogP contribution in [0, 0.1) is 0 Å². The lowest BCUT2D eigenvalue weighted by Gasteiger charge is -2.28. The van der Waals surface area contributed by atoms with E-state index in [1.165, 1.54) is 0 Å². The Labute approximate surface area is 234 Å². The first-order valence-corrected chi connectivity index (χ1v) is 13.8. The van der Waals surface area contributed by atoms with Gasteiger partial charge in [0.15, 0.2) is 0 Å². The highest BCUT2D eigenvalue weighted by atomic mass is 16.5. The highest BCUT2D eigenvalue weighted by Gasteiger charge is 2.22. The van der Waals surface area contributed by atoms with Gasteiger partial charge in [-0.25, -0.2) is 4.98 Å². The Balaban J connectivity index is 1.24. The standard InChI is InChI=1S/C31H36N6O3/c1-36-20-24(19-32-36)22-8-6-9-23(18-22)30(39)35-31-34-26(21-37(31)27-11-4-3-5-12-27)10-7-13-29(38)33-25-14-16-28(40-2)17-15-25/h3-6,8-9,11-12,18-21,25,28H,7,10,13-17H2,1-2H3,(H,33,38)(H,34,35,39). The molecule has 1 aliphatic carbocycles. The normalized spacial score (nSPS) is 16.9. The SMILES string of the molecule is COC1CCC(NC(=O)CCCc2cn(-c3ccccc3)c(NC(=O)c3cccc(-c4cnn(C)c4)c3)n2)CC1. The van der Waals surface area contributed by atoms with Crippen LogP contribution >= 0.6 is 0 Å². The van der Waals surface area contributed by atoms with Crippen molar-refractivity contribution in [2.45, 2.75) is 57.1 Å². The fraction of sp³-hybridized carbons (Fsp3) is 0.355. The summed E-state index contributed by atoms with van der Waals surface area (Å²) in [4.78, 5) is 30.6. The smallest absolute Gasteiger partial charge is 0.258 e. The third-order valence-electron chi connectivity index (χ3n) is 7.39. The second kappa shape index (κ2) is 12.7. The average Bonchev–Trinajstić information content (AvgIpc) is 3.60. The van der Waals surface area contributed by atoms with Crippen molar-refractivity contribution in [1.82, 2.24) is 24.6 Å². The van der Waals surface area contributed by atoms with Crippen LogP contribution in [-0.4, -0.2) is 50.4 Å². The van der Waals surface area contributed by atoms with E-state index in [2.05, 4.69) is 15.7 Å². The molecule has 2 aromatic heterocycles. The molecule has 0 radical (unpaired) electrons. The number of hydrogen-bond donors (Lipinski definition) is 2. The minimum Gasteiger partial charge on any atom is -0.381 e. The van der Waals surface area contributed by atoms with E-state index >= 15 is 0 Å². The molecule has 0 bridgehead atoms. The number of nitrogens with one attached hydrogen (secondary N) is 2. The summed E-state index contributed by atoms with van der Waals surface area (Å²) < 4.78 is 9.04. The largest absolute Gasteiger partial charge is 0.381 e. The van der Waals surface area contributed by atoms with Gasteiger partial charge in [-0.3, -0.25) is 24.2 Å². The van der Waals surface area contributed by atoms with Crippen molar-refractivity contribution >= 4 is 17.8 Å². The van der Waals surface area contributed by atoms with Gasteiger partial charge in [-0.2, -0.15) is 5.10 Å². The topological polar surface area (TPSA) is 103 Å². The summed E-state index contributed by atoms with van der Waals surface area (Å²) >= 11 is 0. The third-order valence-corrected chi connectivity index (χ3v) is 7.39. The van der Waals surface area contributed by atoms with Gasteiger partial charge in [0, 0.05) is 55.8 Å². The number of nitrogens with zero attached hydrogens (tertiary/aromatic N) is 4. The number of anilines is 1. The number of carbonyl (C=O) groups excluding carboxylic acids is 2. The molecule has 0 aliphatic heterocycles. The maximum absolute atomic E-state index is 13.3. The highest BCUT2D eigenvalue weighted by Crippen LogP contribution is 2.23. The number of para-hydroxylation sites is 1. The summed E-state index contributed by atoms with van der Waals surface area (Å²) in [5, 5.41) is 10.4. The first-order valence-electron chi connectivity index (χ1n) is 13.8. The number of aryl methyl sites for hydroxylation is 2. The fourth-order valence-corrected chi connectivity index (χ4v) is 5.18. The highest BCUT2D eigenvalue weighted by molar-refractivity contribution is 6.04. The molecule has 9 nitrogen and oxygen atoms in total. The number of ether oxygens (including phenoxy) is 1. The Hall–Kier alpha value is -4.24. The van der Waals surface area contributed by atoms with E-state index in [1.807, 2.05) is 72.5 Å². The summed E-state index contributed by atoms with van der Waals surface area (Å²) in [6.07, 6.45) is 11.6. The average molecular weight is 541 g/mol. The lowest BCUT2D eigenvalue weighted by molar-refractivity contribution is -0.122. The van der Waals surface area contributed by atoms with Crippen molar-refractivity contribution in [2.24, 2.45) is 7.05 Å². The van der Waals surface area contributed by atoms with E-state index in [9.17, 15) is 9.59 Å². The minimum absolute atomic E-state index is 0.0744. The van der Waals surface area contributed by atoms with Gasteiger partial charge in [0.05, 0.1) is 18.0 Å². The molecular weight excluding hydrogens is 504 g/mol. The summed E-state index contributed by atoms with van der Waals surface area (Å²) in [6.45, 7) is 0. The minimum atomic E-state index is -0.248. The van der Waals surface area contributed by atoms with Crippen LogP contribution in [-0.2, 0) is 23.0 Å². The zero-order valence-corrected chi connectivity index (χ0v) is 23.0. The van der Waals surface area contributed by atoms with E-state index in [1.54, 1.807) is 24.1 Å². The molecule has 2 aromatic carbocycles. The van der Waals surface area contributed by atoms with Crippen molar-refractivity contribution in [3.8, 4) is 16.8 Å². The van der Waals surface area contributed by atoms with E-state index in [-0.39, 0.29) is 17.9 Å². The van der Waals surface area contributed by atoms with Gasteiger partial charge in [0.2, 0.25) is 11.9 Å². The van der Waals surface area contributed by atoms with Gasteiger partial charge < -0.3 is 10.1 Å². The van der Waals surface area contributed by atoms with Gasteiger partial charge in [-0.1, -0.05) is 30.3 Å². The number of rotatable bonds is 10. The summed E-state index contributed by atoms with van der Waals surface area (Å²) in [6, 6.07) is 17.5. The molecule has 2 amide bonds. The first-order chi connectivity index (χ1) is 19.5. The second-order valence-electron chi connectivity index (χ2n) is 10.3. The molecule has 2 N–H and O–H groups in total. The molecule has 1 fully saturated rings. The van der Waals surface area contributed by atoms with E-state index in [0.29, 0.717) is 36.9 Å². The van der Waals surface area contributed by atoms with E-state index < -0.39 is 0 Å². The van der Waals surface area contributed by atoms with Crippen LogP contribution < -0.4 is 10.6 Å². The van der Waals surface area contributed by atoms with Gasteiger partial charge in [0.1, 0.15) is 0 Å². The molecule has 40 heavy (non-hydrogen) atoms. The second-order valence-corrected chi connectivity index (χ2v) is 10.3. The number of carbonyl (C=O) groups is 2. The van der Waals surface area contributed by atoms with Crippen LogP contribution in [0.25, 0.3) is 16.8 Å². The molecule has 0 atom stereocenters. The molecule has 1 aliphatic rings. The molecule has 0 saturated heterocycles. The lowest BCUT2D eigenvalue weighted by atomic mass is 9.93. The molecule has 2 heterocycles. The zero-order valence-electron chi connectivity index (χ0n) is 23.0. The Bertz CT molecular complexity index is 1440.